The molecule has 18 heteroatoms. The Labute approximate surface area is 425 Å². The standard InChI is InChI=1S/C54H50Cl2N6O10/c1-29(63)51(53(65)66)61-25-35-15-43(55)49(17-47(35)69-27-33-13-31(19-57)21-59-23-33)71-45-11-9-39-37(5-3-7-41(39)45)38-6-4-8-42-40(38)10-12-46(42)72-50-18-48(70-28-34-14-32(20-58)22-60-24-34)36(16-44(50)56)26-62-52(30(2)64)54(67)68/h3-8,13-18,21-24,29-30,45-46,51-52,61-64H,9-12,25-28H2,1-2H3,(H,65,66)(H,67,68)/t29-,30-,45+,46+,51+,52+/m1/s1. The first-order valence-corrected chi connectivity index (χ1v) is 23.9. The fourth-order valence-electron chi connectivity index (χ4n) is 9.11. The van der Waals surface area contributed by atoms with Crippen molar-refractivity contribution in [3.8, 4) is 46.3 Å². The van der Waals surface area contributed by atoms with Gasteiger partial charge in [0.05, 0.1) is 33.4 Å². The number of carbonyl (C=O) groups is 2. The van der Waals surface area contributed by atoms with Crippen molar-refractivity contribution >= 4 is 35.1 Å². The van der Waals surface area contributed by atoms with Crippen molar-refractivity contribution in [3.63, 3.8) is 0 Å². The number of benzene rings is 4. The fourth-order valence-corrected chi connectivity index (χ4v) is 9.57. The molecule has 0 fully saturated rings. The maximum absolute atomic E-state index is 11.9. The number of aliphatic hydroxyl groups excluding tert-OH is 2. The van der Waals surface area contributed by atoms with Gasteiger partial charge in [0.2, 0.25) is 0 Å². The number of nitriles is 2. The molecule has 2 aliphatic rings. The number of hydrogen-bond acceptors (Lipinski definition) is 14. The first kappa shape index (κ1) is 51.1. The lowest BCUT2D eigenvalue weighted by Gasteiger charge is -2.22. The quantitative estimate of drug-likeness (QED) is 0.0396. The molecular formula is C54H50Cl2N6O10. The van der Waals surface area contributed by atoms with E-state index in [1.54, 1.807) is 48.8 Å². The normalized spacial score (nSPS) is 16.3. The predicted molar refractivity (Wildman–Crippen MR) is 265 cm³/mol. The van der Waals surface area contributed by atoms with Crippen LogP contribution in [0.3, 0.4) is 0 Å². The summed E-state index contributed by atoms with van der Waals surface area (Å²) in [4.78, 5) is 32.0. The number of carboxylic acids is 2. The van der Waals surface area contributed by atoms with Crippen molar-refractivity contribution in [3.05, 3.63) is 163 Å². The number of ether oxygens (including phenoxy) is 4. The maximum atomic E-state index is 11.9. The van der Waals surface area contributed by atoms with Crippen molar-refractivity contribution < 1.29 is 49.0 Å². The van der Waals surface area contributed by atoms with Gasteiger partial charge in [0, 0.05) is 72.3 Å². The molecule has 2 aromatic heterocycles. The van der Waals surface area contributed by atoms with Gasteiger partial charge in [-0.2, -0.15) is 10.5 Å². The largest absolute Gasteiger partial charge is 0.488 e. The third-order valence-corrected chi connectivity index (χ3v) is 13.2. The minimum absolute atomic E-state index is 0.00363. The molecule has 6 N–H and O–H groups in total. The molecule has 2 heterocycles. The molecule has 16 nitrogen and oxygen atoms in total. The average Bonchev–Trinajstić information content (AvgIpc) is 3.98. The van der Waals surface area contributed by atoms with Gasteiger partial charge in [-0.05, 0) is 97.2 Å². The summed E-state index contributed by atoms with van der Waals surface area (Å²) in [5.41, 5.74) is 9.52. The second-order valence-corrected chi connectivity index (χ2v) is 18.5. The van der Waals surface area contributed by atoms with Gasteiger partial charge in [-0.15, -0.1) is 0 Å². The Morgan fingerprint density at radius 2 is 1.07 bits per heavy atom. The average molecular weight is 1010 g/mol. The van der Waals surface area contributed by atoms with Crippen LogP contribution in [0.1, 0.15) is 94.5 Å². The molecule has 370 valence electrons. The van der Waals surface area contributed by atoms with E-state index in [-0.39, 0.29) is 48.6 Å². The Kier molecular flexibility index (Phi) is 16.2. The number of pyridine rings is 2. The zero-order chi connectivity index (χ0) is 51.1. The van der Waals surface area contributed by atoms with Crippen LogP contribution in [0.4, 0.5) is 0 Å². The zero-order valence-corrected chi connectivity index (χ0v) is 40.7. The number of carboxylic acid groups (broad SMARTS) is 2. The molecule has 0 saturated heterocycles. The van der Waals surface area contributed by atoms with Crippen LogP contribution in [0.25, 0.3) is 11.1 Å². The molecule has 0 bridgehead atoms. The topological polar surface area (TPSA) is 249 Å². The minimum atomic E-state index is -1.25. The van der Waals surface area contributed by atoms with Gasteiger partial charge in [-0.3, -0.25) is 30.2 Å². The Morgan fingerprint density at radius 1 is 0.653 bits per heavy atom. The van der Waals surface area contributed by atoms with E-state index in [4.69, 9.17) is 42.1 Å². The summed E-state index contributed by atoms with van der Waals surface area (Å²) < 4.78 is 25.9. The van der Waals surface area contributed by atoms with Crippen LogP contribution in [-0.4, -0.2) is 66.6 Å². The van der Waals surface area contributed by atoms with Crippen molar-refractivity contribution in [1.82, 2.24) is 20.6 Å². The number of fused-ring (bicyclic) bond motifs is 2. The minimum Gasteiger partial charge on any atom is -0.488 e. The number of hydrogen-bond donors (Lipinski definition) is 6. The highest BCUT2D eigenvalue weighted by molar-refractivity contribution is 6.32. The highest BCUT2D eigenvalue weighted by Crippen LogP contribution is 2.47. The highest BCUT2D eigenvalue weighted by atomic mass is 35.5. The van der Waals surface area contributed by atoms with Gasteiger partial charge in [0.1, 0.15) is 72.6 Å². The van der Waals surface area contributed by atoms with Gasteiger partial charge >= 0.3 is 11.9 Å². The van der Waals surface area contributed by atoms with E-state index in [1.807, 2.05) is 12.1 Å². The van der Waals surface area contributed by atoms with Gasteiger partial charge in [-0.1, -0.05) is 59.6 Å². The van der Waals surface area contributed by atoms with Crippen LogP contribution < -0.4 is 29.6 Å². The number of halogens is 2. The number of nitrogens with one attached hydrogen (secondary N) is 2. The Bertz CT molecular complexity index is 2880. The summed E-state index contributed by atoms with van der Waals surface area (Å²) in [7, 11) is 0. The monoisotopic (exact) mass is 1010 g/mol. The van der Waals surface area contributed by atoms with Crippen molar-refractivity contribution in [2.45, 2.75) is 102 Å². The molecule has 4 aromatic carbocycles. The molecule has 6 atom stereocenters. The fraction of sp³-hybridized carbons (Fsp3) is 0.296. The lowest BCUT2D eigenvalue weighted by molar-refractivity contribution is -0.143. The SMILES string of the molecule is C[C@@H](O)[C@H](NCc1cc(Cl)c(O[C@H]2CCc3c(-c4cccc5c4CC[C@@H]5Oc4cc(OCc5cncc(C#N)c5)c(CN[C@H](C(=O)O)[C@@H](C)O)cc4Cl)cccc32)cc1OCc1cncc(C#N)c1)C(=O)O. The maximum Gasteiger partial charge on any atom is 0.323 e. The third-order valence-electron chi connectivity index (χ3n) is 12.6. The lowest BCUT2D eigenvalue weighted by atomic mass is 9.91. The van der Waals surface area contributed by atoms with E-state index >= 15 is 0 Å². The van der Waals surface area contributed by atoms with E-state index < -0.39 is 36.2 Å². The van der Waals surface area contributed by atoms with Gasteiger partial charge in [-0.25, -0.2) is 0 Å². The lowest BCUT2D eigenvalue weighted by Crippen LogP contribution is -2.44. The van der Waals surface area contributed by atoms with Gasteiger partial charge < -0.3 is 39.4 Å². The zero-order valence-electron chi connectivity index (χ0n) is 39.1. The summed E-state index contributed by atoms with van der Waals surface area (Å²) in [5.74, 6) is -0.982. The van der Waals surface area contributed by atoms with Crippen LogP contribution in [0.15, 0.2) is 97.6 Å². The van der Waals surface area contributed by atoms with Gasteiger partial charge in [0.15, 0.2) is 0 Å². The first-order valence-electron chi connectivity index (χ1n) is 23.2. The van der Waals surface area contributed by atoms with Crippen LogP contribution in [0, 0.1) is 22.7 Å². The molecule has 0 unspecified atom stereocenters. The van der Waals surface area contributed by atoms with Crippen LogP contribution >= 0.6 is 23.2 Å². The summed E-state index contributed by atoms with van der Waals surface area (Å²) in [6.07, 6.45) is 5.76. The summed E-state index contributed by atoms with van der Waals surface area (Å²) in [6.45, 7) is 2.88. The van der Waals surface area contributed by atoms with Crippen molar-refractivity contribution in [2.75, 3.05) is 0 Å². The van der Waals surface area contributed by atoms with Crippen molar-refractivity contribution in [2.24, 2.45) is 0 Å². The molecule has 0 spiro atoms. The van der Waals surface area contributed by atoms with E-state index in [0.29, 0.717) is 69.2 Å². The Morgan fingerprint density at radius 3 is 1.44 bits per heavy atom. The summed E-state index contributed by atoms with van der Waals surface area (Å²) in [5, 5.41) is 64.7. The van der Waals surface area contributed by atoms with Crippen molar-refractivity contribution in [1.29, 1.82) is 10.5 Å². The molecule has 72 heavy (non-hydrogen) atoms. The molecule has 0 aliphatic heterocycles. The highest BCUT2D eigenvalue weighted by Gasteiger charge is 2.32. The Hall–Kier alpha value is -7.28. The molecule has 8 rings (SSSR count). The number of aliphatic carboxylic acids is 2. The smallest absolute Gasteiger partial charge is 0.323 e. The number of aliphatic hydroxyl groups is 2. The van der Waals surface area contributed by atoms with Crippen LogP contribution in [-0.2, 0) is 48.7 Å². The van der Waals surface area contributed by atoms with Crippen LogP contribution in [0.2, 0.25) is 10.0 Å². The van der Waals surface area contributed by atoms with E-state index in [9.17, 15) is 40.5 Å². The molecular weight excluding hydrogens is 964 g/mol. The molecule has 0 radical (unpaired) electrons. The van der Waals surface area contributed by atoms with E-state index in [2.05, 4.69) is 57.0 Å². The molecule has 0 amide bonds. The summed E-state index contributed by atoms with van der Waals surface area (Å²) >= 11 is 13.8. The predicted octanol–water partition coefficient (Wildman–Crippen LogP) is 8.33. The second-order valence-electron chi connectivity index (χ2n) is 17.7. The van der Waals surface area contributed by atoms with E-state index in [0.717, 1.165) is 46.2 Å². The molecule has 2 aliphatic carbocycles. The number of nitrogens with zero attached hydrogens (tertiary/aromatic N) is 4. The first-order chi connectivity index (χ1) is 34.7. The van der Waals surface area contributed by atoms with Crippen LogP contribution in [0.5, 0.6) is 23.0 Å². The van der Waals surface area contributed by atoms with E-state index in [1.165, 1.54) is 26.2 Å². The molecule has 6 aromatic rings. The number of rotatable bonds is 21. The third kappa shape index (κ3) is 11.7. The number of aromatic nitrogens is 2. The molecule has 0 saturated carbocycles. The second kappa shape index (κ2) is 22.9. The Balaban J connectivity index is 1.04. The van der Waals surface area contributed by atoms with Gasteiger partial charge in [0.25, 0.3) is 0 Å². The summed E-state index contributed by atoms with van der Waals surface area (Å²) in [6, 6.07) is 24.0.